The topological polar surface area (TPSA) is 78.4 Å². The van der Waals surface area contributed by atoms with Crippen molar-refractivity contribution in [2.45, 2.75) is 13.8 Å². The highest BCUT2D eigenvalue weighted by Crippen LogP contribution is 2.19. The van der Waals surface area contributed by atoms with Crippen molar-refractivity contribution >= 4 is 33.6 Å². The zero-order valence-electron chi connectivity index (χ0n) is 11.1. The number of benzene rings is 1. The number of carboxylic acid groups (broad SMARTS) is 1. The van der Waals surface area contributed by atoms with E-state index in [-0.39, 0.29) is 18.2 Å². The van der Waals surface area contributed by atoms with Crippen molar-refractivity contribution < 1.29 is 19.1 Å². The summed E-state index contributed by atoms with van der Waals surface area (Å²) in [5.41, 5.74) is 0.0297. The van der Waals surface area contributed by atoms with Crippen LogP contribution in [0.4, 0.5) is 14.9 Å². The molecule has 0 radical (unpaired) electrons. The number of hydrogen-bond donors (Lipinski definition) is 3. The van der Waals surface area contributed by atoms with Crippen LogP contribution in [0, 0.1) is 17.7 Å². The van der Waals surface area contributed by atoms with E-state index in [1.807, 2.05) is 0 Å². The summed E-state index contributed by atoms with van der Waals surface area (Å²) in [5.74, 6) is -2.35. The summed E-state index contributed by atoms with van der Waals surface area (Å²) in [6.07, 6.45) is 0. The summed E-state index contributed by atoms with van der Waals surface area (Å²) in [7, 11) is 0. The number of hydrogen-bond acceptors (Lipinski definition) is 2. The molecular formula is C13H16BrFN2O3. The lowest BCUT2D eigenvalue weighted by Gasteiger charge is -2.17. The van der Waals surface area contributed by atoms with E-state index in [0.717, 1.165) is 0 Å². The molecule has 1 aromatic carbocycles. The molecule has 1 aromatic rings. The molecule has 1 unspecified atom stereocenters. The van der Waals surface area contributed by atoms with Gasteiger partial charge in [0.05, 0.1) is 11.6 Å². The van der Waals surface area contributed by atoms with Crippen molar-refractivity contribution in [3.8, 4) is 0 Å². The van der Waals surface area contributed by atoms with Gasteiger partial charge in [0.15, 0.2) is 0 Å². The molecule has 7 heteroatoms. The number of carboxylic acids is 1. The molecule has 0 saturated carbocycles. The van der Waals surface area contributed by atoms with Crippen LogP contribution in [-0.2, 0) is 4.79 Å². The number of carbonyl (C=O) groups is 2. The van der Waals surface area contributed by atoms with Gasteiger partial charge in [-0.3, -0.25) is 4.79 Å². The smallest absolute Gasteiger partial charge is 0.319 e. The number of amides is 2. The lowest BCUT2D eigenvalue weighted by Crippen LogP contribution is -2.37. The van der Waals surface area contributed by atoms with Crippen LogP contribution in [0.1, 0.15) is 13.8 Å². The van der Waals surface area contributed by atoms with Crippen LogP contribution in [0.2, 0.25) is 0 Å². The molecule has 110 valence electrons. The minimum Gasteiger partial charge on any atom is -0.481 e. The molecule has 3 N–H and O–H groups in total. The Morgan fingerprint density at radius 3 is 2.55 bits per heavy atom. The molecule has 0 bridgehead atoms. The van der Waals surface area contributed by atoms with Gasteiger partial charge < -0.3 is 15.7 Å². The highest BCUT2D eigenvalue weighted by Gasteiger charge is 2.22. The molecule has 0 spiro atoms. The van der Waals surface area contributed by atoms with Crippen molar-refractivity contribution in [3.05, 3.63) is 28.5 Å². The molecule has 0 saturated heterocycles. The van der Waals surface area contributed by atoms with Gasteiger partial charge in [-0.15, -0.1) is 0 Å². The molecule has 0 aliphatic rings. The maximum absolute atomic E-state index is 13.5. The summed E-state index contributed by atoms with van der Waals surface area (Å²) < 4.78 is 14.1. The molecule has 0 heterocycles. The van der Waals surface area contributed by atoms with Crippen molar-refractivity contribution in [2.24, 2.45) is 11.8 Å². The van der Waals surface area contributed by atoms with Crippen LogP contribution in [-0.4, -0.2) is 23.7 Å². The van der Waals surface area contributed by atoms with Gasteiger partial charge in [-0.1, -0.05) is 29.8 Å². The van der Waals surface area contributed by atoms with E-state index in [0.29, 0.717) is 4.47 Å². The Hall–Kier alpha value is -1.63. The number of halogens is 2. The van der Waals surface area contributed by atoms with Crippen LogP contribution in [0.25, 0.3) is 0 Å². The van der Waals surface area contributed by atoms with Crippen LogP contribution in [0.15, 0.2) is 22.7 Å². The minimum absolute atomic E-state index is 0.0169. The van der Waals surface area contributed by atoms with Gasteiger partial charge >= 0.3 is 12.0 Å². The SMILES string of the molecule is CC(C)C(CNC(=O)Nc1ccc(Br)cc1F)C(=O)O. The van der Waals surface area contributed by atoms with Crippen molar-refractivity contribution in [1.82, 2.24) is 5.32 Å². The first-order valence-corrected chi connectivity index (χ1v) is 6.83. The number of anilines is 1. The zero-order valence-corrected chi connectivity index (χ0v) is 12.7. The second-order valence-corrected chi connectivity index (χ2v) is 5.56. The second kappa shape index (κ2) is 7.23. The summed E-state index contributed by atoms with van der Waals surface area (Å²) in [6.45, 7) is 3.50. The summed E-state index contributed by atoms with van der Waals surface area (Å²) >= 11 is 3.11. The van der Waals surface area contributed by atoms with Crippen LogP contribution < -0.4 is 10.6 Å². The highest BCUT2D eigenvalue weighted by atomic mass is 79.9. The van der Waals surface area contributed by atoms with Gasteiger partial charge in [-0.2, -0.15) is 0 Å². The standard InChI is InChI=1S/C13H16BrFN2O3/c1-7(2)9(12(18)19)6-16-13(20)17-11-4-3-8(14)5-10(11)15/h3-5,7,9H,6H2,1-2H3,(H,18,19)(H2,16,17,20). The molecule has 5 nitrogen and oxygen atoms in total. The molecule has 1 atom stereocenters. The molecule has 2 amide bonds. The molecular weight excluding hydrogens is 331 g/mol. The molecule has 0 aliphatic heterocycles. The number of aliphatic carboxylic acids is 1. The first kappa shape index (κ1) is 16.4. The molecule has 0 aliphatic carbocycles. The fraction of sp³-hybridized carbons (Fsp3) is 0.385. The van der Waals surface area contributed by atoms with E-state index in [2.05, 4.69) is 26.6 Å². The van der Waals surface area contributed by atoms with Gasteiger partial charge in [0.25, 0.3) is 0 Å². The minimum atomic E-state index is -0.977. The maximum atomic E-state index is 13.5. The quantitative estimate of drug-likeness (QED) is 0.766. The molecule has 20 heavy (non-hydrogen) atoms. The van der Waals surface area contributed by atoms with E-state index in [9.17, 15) is 14.0 Å². The lowest BCUT2D eigenvalue weighted by atomic mass is 9.96. The Balaban J connectivity index is 2.57. The average Bonchev–Trinajstić information content (AvgIpc) is 2.32. The average molecular weight is 347 g/mol. The van der Waals surface area contributed by atoms with Crippen molar-refractivity contribution in [1.29, 1.82) is 0 Å². The Kier molecular flexibility index (Phi) is 5.94. The Labute approximate surface area is 124 Å². The predicted molar refractivity (Wildman–Crippen MR) is 77.1 cm³/mol. The summed E-state index contributed by atoms with van der Waals surface area (Å²) in [4.78, 5) is 22.6. The third-order valence-corrected chi connectivity index (χ3v) is 3.28. The van der Waals surface area contributed by atoms with E-state index < -0.39 is 23.7 Å². The maximum Gasteiger partial charge on any atom is 0.319 e. The van der Waals surface area contributed by atoms with Gasteiger partial charge in [-0.25, -0.2) is 9.18 Å². The van der Waals surface area contributed by atoms with Crippen LogP contribution in [0.3, 0.4) is 0 Å². The molecule has 0 fully saturated rings. The number of nitrogens with one attached hydrogen (secondary N) is 2. The van der Waals surface area contributed by atoms with Crippen molar-refractivity contribution in [2.75, 3.05) is 11.9 Å². The fourth-order valence-electron chi connectivity index (χ4n) is 1.57. The van der Waals surface area contributed by atoms with E-state index in [1.54, 1.807) is 19.9 Å². The normalized spacial score (nSPS) is 12.1. The Morgan fingerprint density at radius 1 is 1.40 bits per heavy atom. The first-order chi connectivity index (χ1) is 9.31. The van der Waals surface area contributed by atoms with Gasteiger partial charge in [0, 0.05) is 11.0 Å². The predicted octanol–water partition coefficient (Wildman–Crippen LogP) is 3.07. The van der Waals surface area contributed by atoms with Crippen LogP contribution >= 0.6 is 15.9 Å². The number of carbonyl (C=O) groups excluding carboxylic acids is 1. The molecule has 1 rings (SSSR count). The van der Waals surface area contributed by atoms with Gasteiger partial charge in [0.2, 0.25) is 0 Å². The van der Waals surface area contributed by atoms with Crippen LogP contribution in [0.5, 0.6) is 0 Å². The third kappa shape index (κ3) is 4.80. The monoisotopic (exact) mass is 346 g/mol. The summed E-state index contributed by atoms with van der Waals surface area (Å²) in [6, 6.07) is 3.59. The summed E-state index contributed by atoms with van der Waals surface area (Å²) in [5, 5.41) is 13.7. The van der Waals surface area contributed by atoms with Gasteiger partial charge in [0.1, 0.15) is 5.82 Å². The lowest BCUT2D eigenvalue weighted by molar-refractivity contribution is -0.142. The largest absolute Gasteiger partial charge is 0.481 e. The zero-order chi connectivity index (χ0) is 15.3. The number of rotatable bonds is 5. The van der Waals surface area contributed by atoms with E-state index >= 15 is 0 Å². The van der Waals surface area contributed by atoms with Gasteiger partial charge in [-0.05, 0) is 24.1 Å². The molecule has 0 aromatic heterocycles. The fourth-order valence-corrected chi connectivity index (χ4v) is 1.90. The number of urea groups is 1. The van der Waals surface area contributed by atoms with E-state index in [1.165, 1.54) is 12.1 Å². The Bertz CT molecular complexity index is 508. The third-order valence-electron chi connectivity index (χ3n) is 2.78. The van der Waals surface area contributed by atoms with E-state index in [4.69, 9.17) is 5.11 Å². The second-order valence-electron chi connectivity index (χ2n) is 4.65. The van der Waals surface area contributed by atoms with Crippen molar-refractivity contribution in [3.63, 3.8) is 0 Å². The first-order valence-electron chi connectivity index (χ1n) is 6.04. The highest BCUT2D eigenvalue weighted by molar-refractivity contribution is 9.10. The Morgan fingerprint density at radius 2 is 2.05 bits per heavy atom.